The summed E-state index contributed by atoms with van der Waals surface area (Å²) in [6.45, 7) is 4.22. The highest BCUT2D eigenvalue weighted by molar-refractivity contribution is 5.87. The Bertz CT molecular complexity index is 570. The maximum absolute atomic E-state index is 10.8. The van der Waals surface area contributed by atoms with E-state index in [2.05, 4.69) is 18.9 Å². The number of aromatic nitrogens is 2. The van der Waals surface area contributed by atoms with E-state index in [1.807, 2.05) is 29.9 Å². The van der Waals surface area contributed by atoms with Crippen molar-refractivity contribution in [3.63, 3.8) is 0 Å². The highest BCUT2D eigenvalue weighted by atomic mass is 16.4. The smallest absolute Gasteiger partial charge is 0.307 e. The molecule has 1 heterocycles. The van der Waals surface area contributed by atoms with Gasteiger partial charge in [-0.1, -0.05) is 32.0 Å². The first-order valence-corrected chi connectivity index (χ1v) is 5.67. The minimum atomic E-state index is -0.825. The molecule has 0 fully saturated rings. The first kappa shape index (κ1) is 11.6. The van der Waals surface area contributed by atoms with Crippen LogP contribution in [0.2, 0.25) is 0 Å². The standard InChI is InChI=1S/C13H16N2O2/c1-8(2)13-10-6-4-5-9(7-11(16)17)12(10)14-15(13)3/h4-6,8H,7H2,1-3H3,(H,16,17). The van der Waals surface area contributed by atoms with Crippen molar-refractivity contribution >= 4 is 16.9 Å². The molecular formula is C13H16N2O2. The van der Waals surface area contributed by atoms with Crippen molar-refractivity contribution in [3.05, 3.63) is 29.5 Å². The number of aliphatic carboxylic acids is 1. The van der Waals surface area contributed by atoms with Gasteiger partial charge in [0, 0.05) is 18.1 Å². The zero-order chi connectivity index (χ0) is 12.6. The fraction of sp³-hybridized carbons (Fsp3) is 0.385. The summed E-state index contributed by atoms with van der Waals surface area (Å²) in [6, 6.07) is 5.73. The van der Waals surface area contributed by atoms with E-state index in [4.69, 9.17) is 5.11 Å². The number of carboxylic acid groups (broad SMARTS) is 1. The lowest BCUT2D eigenvalue weighted by molar-refractivity contribution is -0.136. The van der Waals surface area contributed by atoms with Crippen molar-refractivity contribution in [2.45, 2.75) is 26.2 Å². The summed E-state index contributed by atoms with van der Waals surface area (Å²) < 4.78 is 1.85. The minimum absolute atomic E-state index is 0.0197. The maximum atomic E-state index is 10.8. The SMILES string of the molecule is CC(C)c1c2cccc(CC(=O)O)c2nn1C. The van der Waals surface area contributed by atoms with Crippen LogP contribution in [0.5, 0.6) is 0 Å². The zero-order valence-corrected chi connectivity index (χ0v) is 10.3. The Balaban J connectivity index is 2.66. The lowest BCUT2D eigenvalue weighted by Crippen LogP contribution is -2.00. The molecule has 1 aromatic heterocycles. The summed E-state index contributed by atoms with van der Waals surface area (Å²) in [5.41, 5.74) is 2.73. The third kappa shape index (κ3) is 2.02. The molecule has 0 aliphatic rings. The molecule has 90 valence electrons. The number of carbonyl (C=O) groups is 1. The Morgan fingerprint density at radius 1 is 1.47 bits per heavy atom. The molecule has 0 atom stereocenters. The quantitative estimate of drug-likeness (QED) is 0.883. The molecule has 0 radical (unpaired) electrons. The first-order chi connectivity index (χ1) is 8.00. The number of benzene rings is 1. The molecule has 4 heteroatoms. The lowest BCUT2D eigenvalue weighted by Gasteiger charge is -2.05. The number of nitrogens with zero attached hydrogens (tertiary/aromatic N) is 2. The molecular weight excluding hydrogens is 216 g/mol. The number of hydrogen-bond donors (Lipinski definition) is 1. The van der Waals surface area contributed by atoms with Gasteiger partial charge in [0.05, 0.1) is 11.9 Å². The second-order valence-electron chi connectivity index (χ2n) is 4.55. The molecule has 0 amide bonds. The molecule has 17 heavy (non-hydrogen) atoms. The van der Waals surface area contributed by atoms with E-state index < -0.39 is 5.97 Å². The molecule has 1 N–H and O–H groups in total. The van der Waals surface area contributed by atoms with E-state index in [-0.39, 0.29) is 6.42 Å². The molecule has 2 rings (SSSR count). The van der Waals surface area contributed by atoms with Gasteiger partial charge in [-0.15, -0.1) is 0 Å². The van der Waals surface area contributed by atoms with E-state index >= 15 is 0 Å². The Labute approximate surface area is 99.9 Å². The Morgan fingerprint density at radius 2 is 2.18 bits per heavy atom. The summed E-state index contributed by atoms with van der Waals surface area (Å²) in [4.78, 5) is 10.8. The van der Waals surface area contributed by atoms with Gasteiger partial charge in [-0.25, -0.2) is 0 Å². The van der Waals surface area contributed by atoms with E-state index in [1.54, 1.807) is 0 Å². The van der Waals surface area contributed by atoms with Crippen LogP contribution in [-0.2, 0) is 18.3 Å². The van der Waals surface area contributed by atoms with E-state index in [9.17, 15) is 4.79 Å². The van der Waals surface area contributed by atoms with Crippen LogP contribution in [0.4, 0.5) is 0 Å². The molecule has 0 saturated heterocycles. The van der Waals surface area contributed by atoms with Gasteiger partial charge in [0.25, 0.3) is 0 Å². The second-order valence-corrected chi connectivity index (χ2v) is 4.55. The van der Waals surface area contributed by atoms with Crippen LogP contribution in [0, 0.1) is 0 Å². The number of carboxylic acids is 1. The van der Waals surface area contributed by atoms with Crippen molar-refractivity contribution in [1.82, 2.24) is 9.78 Å². The number of rotatable bonds is 3. The van der Waals surface area contributed by atoms with E-state index in [0.29, 0.717) is 5.92 Å². The molecule has 0 aliphatic heterocycles. The summed E-state index contributed by atoms with van der Waals surface area (Å²) >= 11 is 0. The second kappa shape index (κ2) is 4.20. The van der Waals surface area contributed by atoms with Gasteiger partial charge >= 0.3 is 5.97 Å². The average Bonchev–Trinajstić information content (AvgIpc) is 2.54. The number of hydrogen-bond acceptors (Lipinski definition) is 2. The molecule has 0 saturated carbocycles. The van der Waals surface area contributed by atoms with Crippen LogP contribution in [0.1, 0.15) is 31.0 Å². The average molecular weight is 232 g/mol. The summed E-state index contributed by atoms with van der Waals surface area (Å²) in [5, 5.41) is 14.4. The summed E-state index contributed by atoms with van der Waals surface area (Å²) in [5.74, 6) is -0.459. The Kier molecular flexibility index (Phi) is 2.88. The summed E-state index contributed by atoms with van der Waals surface area (Å²) in [7, 11) is 1.90. The van der Waals surface area contributed by atoms with Gasteiger partial charge in [0.1, 0.15) is 0 Å². The largest absolute Gasteiger partial charge is 0.481 e. The maximum Gasteiger partial charge on any atom is 0.307 e. The number of fused-ring (bicyclic) bond motifs is 1. The van der Waals surface area contributed by atoms with Crippen LogP contribution in [0.25, 0.3) is 10.9 Å². The van der Waals surface area contributed by atoms with Crippen LogP contribution in [0.3, 0.4) is 0 Å². The van der Waals surface area contributed by atoms with E-state index in [0.717, 1.165) is 22.2 Å². The van der Waals surface area contributed by atoms with Crippen molar-refractivity contribution in [2.24, 2.45) is 7.05 Å². The van der Waals surface area contributed by atoms with Gasteiger partial charge in [-0.3, -0.25) is 9.48 Å². The molecule has 0 spiro atoms. The van der Waals surface area contributed by atoms with E-state index in [1.165, 1.54) is 0 Å². The van der Waals surface area contributed by atoms with Crippen LogP contribution in [0.15, 0.2) is 18.2 Å². The van der Waals surface area contributed by atoms with Crippen molar-refractivity contribution in [1.29, 1.82) is 0 Å². The van der Waals surface area contributed by atoms with Crippen molar-refractivity contribution < 1.29 is 9.90 Å². The van der Waals surface area contributed by atoms with Crippen molar-refractivity contribution in [3.8, 4) is 0 Å². The monoisotopic (exact) mass is 232 g/mol. The summed E-state index contributed by atoms with van der Waals surface area (Å²) in [6.07, 6.45) is 0.0197. The molecule has 0 aliphatic carbocycles. The van der Waals surface area contributed by atoms with Gasteiger partial charge in [0.15, 0.2) is 0 Å². The molecule has 0 unspecified atom stereocenters. The lowest BCUT2D eigenvalue weighted by atomic mass is 10.0. The molecule has 1 aromatic carbocycles. The topological polar surface area (TPSA) is 55.1 Å². The predicted molar refractivity (Wildman–Crippen MR) is 66.1 cm³/mol. The fourth-order valence-corrected chi connectivity index (χ4v) is 2.28. The van der Waals surface area contributed by atoms with Gasteiger partial charge < -0.3 is 5.11 Å². The Hall–Kier alpha value is -1.84. The Morgan fingerprint density at radius 3 is 2.76 bits per heavy atom. The molecule has 0 bridgehead atoms. The van der Waals surface area contributed by atoms with Crippen LogP contribution >= 0.6 is 0 Å². The van der Waals surface area contributed by atoms with Gasteiger partial charge in [-0.05, 0) is 11.5 Å². The third-order valence-corrected chi connectivity index (χ3v) is 2.88. The van der Waals surface area contributed by atoms with Gasteiger partial charge in [-0.2, -0.15) is 5.10 Å². The fourth-order valence-electron chi connectivity index (χ4n) is 2.28. The highest BCUT2D eigenvalue weighted by Crippen LogP contribution is 2.27. The van der Waals surface area contributed by atoms with Crippen molar-refractivity contribution in [2.75, 3.05) is 0 Å². The van der Waals surface area contributed by atoms with Gasteiger partial charge in [0.2, 0.25) is 0 Å². The minimum Gasteiger partial charge on any atom is -0.481 e. The number of aryl methyl sites for hydroxylation is 1. The predicted octanol–water partition coefficient (Wildman–Crippen LogP) is 2.32. The zero-order valence-electron chi connectivity index (χ0n) is 10.3. The highest BCUT2D eigenvalue weighted by Gasteiger charge is 2.15. The van der Waals surface area contributed by atoms with Crippen LogP contribution in [-0.4, -0.2) is 20.9 Å². The normalized spacial score (nSPS) is 11.3. The third-order valence-electron chi connectivity index (χ3n) is 2.88. The molecule has 2 aromatic rings. The first-order valence-electron chi connectivity index (χ1n) is 5.67. The van der Waals surface area contributed by atoms with Crippen LogP contribution < -0.4 is 0 Å². The molecule has 4 nitrogen and oxygen atoms in total.